The molecule has 0 saturated carbocycles. The summed E-state index contributed by atoms with van der Waals surface area (Å²) in [4.78, 5) is 17.4. The van der Waals surface area contributed by atoms with E-state index < -0.39 is 0 Å². The average molecular weight is 588 g/mol. The number of halogens is 3. The van der Waals surface area contributed by atoms with Crippen molar-refractivity contribution in [2.24, 2.45) is 5.92 Å². The highest BCUT2D eigenvalue weighted by Gasteiger charge is 2.23. The topological polar surface area (TPSA) is 32.8 Å². The molecule has 7 heteroatoms. The fraction of sp³-hybridized carbons (Fsp3) is 0.406. The van der Waals surface area contributed by atoms with E-state index in [0.29, 0.717) is 34.0 Å². The van der Waals surface area contributed by atoms with Crippen LogP contribution in [-0.2, 0) is 17.8 Å². The van der Waals surface area contributed by atoms with Crippen molar-refractivity contribution in [2.45, 2.75) is 44.6 Å². The summed E-state index contributed by atoms with van der Waals surface area (Å²) >= 11 is 18.7. The molecule has 1 aliphatic rings. The molecule has 1 fully saturated rings. The number of ether oxygens (including phenoxy) is 1. The second-order valence-corrected chi connectivity index (χ2v) is 11.8. The first kappa shape index (κ1) is 29.7. The number of nitrogens with zero attached hydrogens (tertiary/aromatic N) is 2. The number of amides is 1. The summed E-state index contributed by atoms with van der Waals surface area (Å²) in [5, 5.41) is 1.75. The van der Waals surface area contributed by atoms with Crippen molar-refractivity contribution in [3.63, 3.8) is 0 Å². The van der Waals surface area contributed by atoms with Crippen molar-refractivity contribution in [3.05, 3.63) is 98.5 Å². The Morgan fingerprint density at radius 2 is 1.72 bits per heavy atom. The molecule has 1 aliphatic heterocycles. The monoisotopic (exact) mass is 586 g/mol. The Hall–Kier alpha value is -2.24. The van der Waals surface area contributed by atoms with E-state index in [4.69, 9.17) is 39.5 Å². The first-order chi connectivity index (χ1) is 18.8. The molecule has 4 nitrogen and oxygen atoms in total. The molecule has 0 aliphatic carbocycles. The van der Waals surface area contributed by atoms with E-state index in [1.54, 1.807) is 7.11 Å². The molecular formula is C32H37Cl3N2O2. The molecule has 0 N–H and O–H groups in total. The van der Waals surface area contributed by atoms with Crippen LogP contribution in [0.4, 0.5) is 0 Å². The van der Waals surface area contributed by atoms with Crippen LogP contribution in [0.3, 0.4) is 0 Å². The van der Waals surface area contributed by atoms with E-state index in [2.05, 4.69) is 17.0 Å². The molecule has 0 spiro atoms. The van der Waals surface area contributed by atoms with Gasteiger partial charge >= 0.3 is 0 Å². The number of carbonyl (C=O) groups excluding carboxylic acids is 1. The molecular weight excluding hydrogens is 551 g/mol. The zero-order valence-corrected chi connectivity index (χ0v) is 25.0. The van der Waals surface area contributed by atoms with Gasteiger partial charge in [-0.1, -0.05) is 65.1 Å². The Kier molecular flexibility index (Phi) is 11.0. The van der Waals surface area contributed by atoms with E-state index in [9.17, 15) is 4.79 Å². The molecule has 1 unspecified atom stereocenters. The maximum Gasteiger partial charge on any atom is 0.226 e. The Bertz CT molecular complexity index is 1230. The SMILES string of the molecule is COc1ccc(CN2CCC(CCC(CN(C)C(=O)Cc3cccc(Cl)c3)c3ccc(Cl)c(Cl)c3)CC2)cc1. The Balaban J connectivity index is 1.33. The fourth-order valence-electron chi connectivity index (χ4n) is 5.38. The number of hydrogen-bond acceptors (Lipinski definition) is 3. The third kappa shape index (κ3) is 8.88. The van der Waals surface area contributed by atoms with Crippen molar-refractivity contribution >= 4 is 40.7 Å². The van der Waals surface area contributed by atoms with Crippen LogP contribution < -0.4 is 4.74 Å². The molecule has 4 rings (SSSR count). The van der Waals surface area contributed by atoms with Gasteiger partial charge in [0.15, 0.2) is 0 Å². The van der Waals surface area contributed by atoms with Crippen molar-refractivity contribution < 1.29 is 9.53 Å². The Labute approximate surface area is 247 Å². The quantitative estimate of drug-likeness (QED) is 0.227. The van der Waals surface area contributed by atoms with Crippen LogP contribution in [0, 0.1) is 5.92 Å². The van der Waals surface area contributed by atoms with Gasteiger partial charge in [-0.25, -0.2) is 0 Å². The lowest BCUT2D eigenvalue weighted by Gasteiger charge is -2.33. The minimum Gasteiger partial charge on any atom is -0.497 e. The van der Waals surface area contributed by atoms with Gasteiger partial charge in [-0.3, -0.25) is 9.69 Å². The van der Waals surface area contributed by atoms with Crippen LogP contribution in [0.15, 0.2) is 66.7 Å². The van der Waals surface area contributed by atoms with Crippen molar-refractivity contribution in [2.75, 3.05) is 33.8 Å². The standard InChI is InChI=1S/C32H37Cl3N2O2/c1-36(32(38)19-25-4-3-5-28(33)18-25)22-27(26-10-13-30(34)31(35)20-26)9-6-23-14-16-37(17-15-23)21-24-7-11-29(39-2)12-8-24/h3-5,7-8,10-13,18,20,23,27H,6,9,14-17,19,21-22H2,1-2H3. The maximum atomic E-state index is 13.1. The van der Waals surface area contributed by atoms with E-state index in [1.165, 1.54) is 18.4 Å². The highest BCUT2D eigenvalue weighted by atomic mass is 35.5. The zero-order chi connectivity index (χ0) is 27.8. The summed E-state index contributed by atoms with van der Waals surface area (Å²) in [5.41, 5.74) is 3.37. The molecule has 3 aromatic rings. The molecule has 0 bridgehead atoms. The van der Waals surface area contributed by atoms with Crippen LogP contribution in [-0.4, -0.2) is 49.5 Å². The smallest absolute Gasteiger partial charge is 0.226 e. The molecule has 208 valence electrons. The Morgan fingerprint density at radius 3 is 2.38 bits per heavy atom. The molecule has 1 heterocycles. The van der Waals surface area contributed by atoms with E-state index in [0.717, 1.165) is 49.4 Å². The average Bonchev–Trinajstić information content (AvgIpc) is 2.93. The molecule has 0 aromatic heterocycles. The van der Waals surface area contributed by atoms with Gasteiger partial charge in [0, 0.05) is 31.1 Å². The number of hydrogen-bond donors (Lipinski definition) is 0. The molecule has 1 saturated heterocycles. The van der Waals surface area contributed by atoms with Gasteiger partial charge in [0.2, 0.25) is 5.91 Å². The number of piperidine rings is 1. The summed E-state index contributed by atoms with van der Waals surface area (Å²) in [6.45, 7) is 3.81. The number of carbonyl (C=O) groups is 1. The highest BCUT2D eigenvalue weighted by molar-refractivity contribution is 6.42. The van der Waals surface area contributed by atoms with E-state index >= 15 is 0 Å². The van der Waals surface area contributed by atoms with Crippen molar-refractivity contribution in [1.82, 2.24) is 9.80 Å². The first-order valence-corrected chi connectivity index (χ1v) is 14.7. The lowest BCUT2D eigenvalue weighted by Crippen LogP contribution is -2.34. The summed E-state index contributed by atoms with van der Waals surface area (Å²) < 4.78 is 5.28. The minimum absolute atomic E-state index is 0.0779. The van der Waals surface area contributed by atoms with Gasteiger partial charge in [0.25, 0.3) is 0 Å². The number of rotatable bonds is 11. The van der Waals surface area contributed by atoms with E-state index in [1.807, 2.05) is 66.5 Å². The Morgan fingerprint density at radius 1 is 0.974 bits per heavy atom. The summed E-state index contributed by atoms with van der Waals surface area (Å²) in [5.74, 6) is 1.83. The molecule has 0 radical (unpaired) electrons. The number of methoxy groups -OCH3 is 1. The summed E-state index contributed by atoms with van der Waals surface area (Å²) in [6, 6.07) is 21.7. The predicted octanol–water partition coefficient (Wildman–Crippen LogP) is 8.13. The zero-order valence-electron chi connectivity index (χ0n) is 22.7. The molecule has 39 heavy (non-hydrogen) atoms. The second-order valence-electron chi connectivity index (χ2n) is 10.6. The second kappa shape index (κ2) is 14.4. The summed E-state index contributed by atoms with van der Waals surface area (Å²) in [7, 11) is 3.58. The fourth-order valence-corrected chi connectivity index (χ4v) is 5.90. The highest BCUT2D eigenvalue weighted by Crippen LogP contribution is 2.32. The number of benzene rings is 3. The first-order valence-electron chi connectivity index (χ1n) is 13.6. The number of likely N-dealkylation sites (tertiary alicyclic amines) is 1. The van der Waals surface area contributed by atoms with Gasteiger partial charge in [0.05, 0.1) is 23.6 Å². The van der Waals surface area contributed by atoms with Gasteiger partial charge in [-0.15, -0.1) is 0 Å². The minimum atomic E-state index is 0.0779. The van der Waals surface area contributed by atoms with Crippen LogP contribution in [0.25, 0.3) is 0 Å². The summed E-state index contributed by atoms with van der Waals surface area (Å²) in [6.07, 6.45) is 4.83. The van der Waals surface area contributed by atoms with Crippen molar-refractivity contribution in [1.29, 1.82) is 0 Å². The van der Waals surface area contributed by atoms with Gasteiger partial charge in [0.1, 0.15) is 5.75 Å². The lowest BCUT2D eigenvalue weighted by molar-refractivity contribution is -0.129. The van der Waals surface area contributed by atoms with Crippen molar-refractivity contribution in [3.8, 4) is 5.75 Å². The van der Waals surface area contributed by atoms with Gasteiger partial charge < -0.3 is 9.64 Å². The van der Waals surface area contributed by atoms with Gasteiger partial charge in [-0.05, 0) is 97.8 Å². The van der Waals surface area contributed by atoms with Crippen LogP contribution >= 0.6 is 34.8 Å². The third-order valence-corrected chi connectivity index (χ3v) is 8.75. The lowest BCUT2D eigenvalue weighted by atomic mass is 9.85. The van der Waals surface area contributed by atoms with Crippen LogP contribution in [0.1, 0.15) is 48.3 Å². The normalized spacial score (nSPS) is 15.2. The molecule has 1 atom stereocenters. The third-order valence-electron chi connectivity index (χ3n) is 7.78. The van der Waals surface area contributed by atoms with E-state index in [-0.39, 0.29) is 11.8 Å². The molecule has 1 amide bonds. The number of likely N-dealkylation sites (N-methyl/N-ethyl adjacent to an activating group) is 1. The predicted molar refractivity (Wildman–Crippen MR) is 162 cm³/mol. The van der Waals surface area contributed by atoms with Gasteiger partial charge in [-0.2, -0.15) is 0 Å². The van der Waals surface area contributed by atoms with Crippen LogP contribution in [0.2, 0.25) is 15.1 Å². The van der Waals surface area contributed by atoms with Crippen LogP contribution in [0.5, 0.6) is 5.75 Å². The maximum absolute atomic E-state index is 13.1. The molecule has 3 aromatic carbocycles. The largest absolute Gasteiger partial charge is 0.497 e.